The molecule has 5 heteroatoms. The number of hydrogen-bond acceptors (Lipinski definition) is 4. The molecule has 0 aliphatic rings. The quantitative estimate of drug-likeness (QED) is 0.170. The van der Waals surface area contributed by atoms with Crippen molar-refractivity contribution in [2.75, 3.05) is 0 Å². The summed E-state index contributed by atoms with van der Waals surface area (Å²) in [4.78, 5) is 18.2. The van der Waals surface area contributed by atoms with Gasteiger partial charge in [0, 0.05) is 16.7 Å². The first kappa shape index (κ1) is 30.1. The summed E-state index contributed by atoms with van der Waals surface area (Å²) in [6.45, 7) is 7.32. The van der Waals surface area contributed by atoms with Crippen LogP contribution < -0.4 is 0 Å². The van der Waals surface area contributed by atoms with Crippen LogP contribution in [0.25, 0.3) is 83.2 Å². The Bertz CT molecular complexity index is 2520. The van der Waals surface area contributed by atoms with Crippen molar-refractivity contribution in [2.45, 2.75) is 0 Å². The normalized spacial score (nSPS) is 10.8. The van der Waals surface area contributed by atoms with E-state index in [9.17, 15) is 5.26 Å². The fourth-order valence-corrected chi connectivity index (χ4v) is 6.29. The molecule has 50 heavy (non-hydrogen) atoms. The Kier molecular flexibility index (Phi) is 7.91. The summed E-state index contributed by atoms with van der Waals surface area (Å²) in [6, 6.07) is 56.7. The zero-order chi connectivity index (χ0) is 33.9. The van der Waals surface area contributed by atoms with Crippen molar-refractivity contribution in [3.8, 4) is 73.6 Å². The van der Waals surface area contributed by atoms with Gasteiger partial charge in [0.2, 0.25) is 0 Å². The fourth-order valence-electron chi connectivity index (χ4n) is 6.29. The van der Waals surface area contributed by atoms with Crippen molar-refractivity contribution < 1.29 is 0 Å². The van der Waals surface area contributed by atoms with Crippen LogP contribution in [-0.2, 0) is 0 Å². The van der Waals surface area contributed by atoms with Crippen molar-refractivity contribution >= 4 is 16.5 Å². The van der Waals surface area contributed by atoms with E-state index in [4.69, 9.17) is 21.5 Å². The van der Waals surface area contributed by atoms with E-state index in [-0.39, 0.29) is 0 Å². The Labute approximate surface area is 290 Å². The molecule has 232 valence electrons. The first-order valence-corrected chi connectivity index (χ1v) is 16.2. The van der Waals surface area contributed by atoms with Gasteiger partial charge in [-0.05, 0) is 62.4 Å². The highest BCUT2D eigenvalue weighted by molar-refractivity contribution is 6.04. The van der Waals surface area contributed by atoms with Crippen molar-refractivity contribution in [1.29, 1.82) is 5.26 Å². The minimum Gasteiger partial charge on any atom is -0.238 e. The average Bonchev–Trinajstić information content (AvgIpc) is 3.20. The molecule has 8 rings (SSSR count). The lowest BCUT2D eigenvalue weighted by Gasteiger charge is -2.16. The summed E-state index contributed by atoms with van der Waals surface area (Å²) in [5.41, 5.74) is 9.81. The second kappa shape index (κ2) is 13.1. The lowest BCUT2D eigenvalue weighted by molar-refractivity contribution is 1.07. The van der Waals surface area contributed by atoms with Crippen molar-refractivity contribution in [2.24, 2.45) is 0 Å². The molecule has 0 unspecified atom stereocenters. The third-order valence-corrected chi connectivity index (χ3v) is 8.76. The molecule has 1 aromatic heterocycles. The average molecular weight is 638 g/mol. The van der Waals surface area contributed by atoms with Crippen LogP contribution in [0.4, 0.5) is 5.69 Å². The Morgan fingerprint density at radius 1 is 0.460 bits per heavy atom. The predicted octanol–water partition coefficient (Wildman–Crippen LogP) is 11.4. The zero-order valence-electron chi connectivity index (χ0n) is 26.8. The molecule has 8 aromatic rings. The SMILES string of the molecule is [C-]#[N+]c1ccc(-c2cc(C#N)cc(-c3ccc4ccccc4c3-c3ccc(-c4nc(-c5ccccc5)nc(-c5ccccc5)n4)cc3)c2)cc1. The summed E-state index contributed by atoms with van der Waals surface area (Å²) in [7, 11) is 0. The Hall–Kier alpha value is -7.21. The van der Waals surface area contributed by atoms with Crippen LogP contribution >= 0.6 is 0 Å². The molecule has 0 saturated heterocycles. The molecule has 5 nitrogen and oxygen atoms in total. The summed E-state index contributed by atoms with van der Waals surface area (Å²) >= 11 is 0. The number of benzene rings is 7. The molecule has 1 heterocycles. The largest absolute Gasteiger partial charge is 0.238 e. The van der Waals surface area contributed by atoms with Crippen molar-refractivity contribution in [3.63, 3.8) is 0 Å². The molecule has 7 aromatic carbocycles. The first-order valence-electron chi connectivity index (χ1n) is 16.2. The lowest BCUT2D eigenvalue weighted by atomic mass is 9.87. The second-order valence-corrected chi connectivity index (χ2v) is 11.9. The van der Waals surface area contributed by atoms with Gasteiger partial charge in [0.1, 0.15) is 0 Å². The number of rotatable bonds is 6. The Morgan fingerprint density at radius 2 is 0.980 bits per heavy atom. The summed E-state index contributed by atoms with van der Waals surface area (Å²) < 4.78 is 0. The summed E-state index contributed by atoms with van der Waals surface area (Å²) in [6.07, 6.45) is 0. The van der Waals surface area contributed by atoms with Gasteiger partial charge in [-0.15, -0.1) is 0 Å². The smallest absolute Gasteiger partial charge is 0.187 e. The molecule has 0 fully saturated rings. The van der Waals surface area contributed by atoms with E-state index in [1.54, 1.807) is 0 Å². The molecule has 0 bridgehead atoms. The molecular weight excluding hydrogens is 611 g/mol. The van der Waals surface area contributed by atoms with Gasteiger partial charge < -0.3 is 0 Å². The van der Waals surface area contributed by atoms with Gasteiger partial charge in [-0.3, -0.25) is 0 Å². The molecule has 0 saturated carbocycles. The molecule has 0 amide bonds. The monoisotopic (exact) mass is 637 g/mol. The highest BCUT2D eigenvalue weighted by atomic mass is 15.0. The Morgan fingerprint density at radius 3 is 1.58 bits per heavy atom. The van der Waals surface area contributed by atoms with Crippen LogP contribution in [0.2, 0.25) is 0 Å². The van der Waals surface area contributed by atoms with E-state index in [1.165, 1.54) is 0 Å². The minimum absolute atomic E-state index is 0.569. The second-order valence-electron chi connectivity index (χ2n) is 11.9. The summed E-state index contributed by atoms with van der Waals surface area (Å²) in [5, 5.41) is 12.3. The molecule has 0 aliphatic carbocycles. The maximum atomic E-state index is 10.0. The molecule has 0 spiro atoms. The number of nitrogens with zero attached hydrogens (tertiary/aromatic N) is 5. The van der Waals surface area contributed by atoms with Crippen LogP contribution in [0.15, 0.2) is 164 Å². The highest BCUT2D eigenvalue weighted by Gasteiger charge is 2.16. The van der Waals surface area contributed by atoms with Crippen molar-refractivity contribution in [1.82, 2.24) is 15.0 Å². The topological polar surface area (TPSA) is 66.8 Å². The number of hydrogen-bond donors (Lipinski definition) is 0. The third-order valence-electron chi connectivity index (χ3n) is 8.76. The third kappa shape index (κ3) is 5.88. The van der Waals surface area contributed by atoms with E-state index in [1.807, 2.05) is 103 Å². The van der Waals surface area contributed by atoms with E-state index in [2.05, 4.69) is 71.6 Å². The van der Waals surface area contributed by atoms with Gasteiger partial charge in [-0.25, -0.2) is 19.8 Å². The molecule has 0 atom stereocenters. The maximum absolute atomic E-state index is 10.0. The van der Waals surface area contributed by atoms with Crippen LogP contribution in [0.3, 0.4) is 0 Å². The molecule has 0 N–H and O–H groups in total. The first-order chi connectivity index (χ1) is 24.7. The van der Waals surface area contributed by atoms with Gasteiger partial charge in [0.15, 0.2) is 23.2 Å². The van der Waals surface area contributed by atoms with Crippen LogP contribution in [0, 0.1) is 17.9 Å². The van der Waals surface area contributed by atoms with E-state index >= 15 is 0 Å². The van der Waals surface area contributed by atoms with Gasteiger partial charge in [-0.1, -0.05) is 146 Å². The number of nitriles is 1. The van der Waals surface area contributed by atoms with Gasteiger partial charge in [0.25, 0.3) is 0 Å². The highest BCUT2D eigenvalue weighted by Crippen LogP contribution is 2.40. The number of fused-ring (bicyclic) bond motifs is 1. The fraction of sp³-hybridized carbons (Fsp3) is 0. The van der Waals surface area contributed by atoms with E-state index in [0.29, 0.717) is 28.7 Å². The standard InChI is InChI=1S/C45H27N5/c1-47-39-23-20-31(21-24-39)37-26-30(29-46)27-38(28-37)41-25-22-32-10-8-9-15-40(32)42(41)33-16-18-36(19-17-33)45-49-43(34-11-4-2-5-12-34)48-44(50-45)35-13-6-3-7-14-35/h2-28H. The van der Waals surface area contributed by atoms with Crippen LogP contribution in [0.1, 0.15) is 5.56 Å². The predicted molar refractivity (Wildman–Crippen MR) is 201 cm³/mol. The van der Waals surface area contributed by atoms with Crippen LogP contribution in [-0.4, -0.2) is 15.0 Å². The van der Waals surface area contributed by atoms with E-state index in [0.717, 1.165) is 60.8 Å². The van der Waals surface area contributed by atoms with Crippen LogP contribution in [0.5, 0.6) is 0 Å². The summed E-state index contributed by atoms with van der Waals surface area (Å²) in [5.74, 6) is 1.83. The Balaban J connectivity index is 1.26. The van der Waals surface area contributed by atoms with Gasteiger partial charge in [0.05, 0.1) is 18.2 Å². The van der Waals surface area contributed by atoms with Crippen molar-refractivity contribution in [3.05, 3.63) is 181 Å². The van der Waals surface area contributed by atoms with Gasteiger partial charge in [-0.2, -0.15) is 5.26 Å². The number of aromatic nitrogens is 3. The lowest BCUT2D eigenvalue weighted by Crippen LogP contribution is -2.00. The minimum atomic E-state index is 0.569. The zero-order valence-corrected chi connectivity index (χ0v) is 26.8. The maximum Gasteiger partial charge on any atom is 0.187 e. The van der Waals surface area contributed by atoms with E-state index < -0.39 is 0 Å². The molecule has 0 aliphatic heterocycles. The molecule has 0 radical (unpaired) electrons. The molecular formula is C45H27N5. The van der Waals surface area contributed by atoms with Gasteiger partial charge >= 0.3 is 0 Å².